The molecule has 2 atom stereocenters. The molecule has 7 heteroatoms. The number of hydrogen-bond donors (Lipinski definition) is 2. The van der Waals surface area contributed by atoms with E-state index in [-0.39, 0.29) is 0 Å². The van der Waals surface area contributed by atoms with Gasteiger partial charge in [0.1, 0.15) is 11.5 Å². The molecule has 0 saturated carbocycles. The first-order chi connectivity index (χ1) is 10.6. The number of carbonyl (C=O) groups is 1. The third-order valence-electron chi connectivity index (χ3n) is 3.25. The second-order valence-electron chi connectivity index (χ2n) is 6.26. The second kappa shape index (κ2) is 6.67. The van der Waals surface area contributed by atoms with Crippen molar-refractivity contribution in [3.8, 4) is 0 Å². The summed E-state index contributed by atoms with van der Waals surface area (Å²) in [4.78, 5) is 12.6. The number of benzene rings is 1. The van der Waals surface area contributed by atoms with Crippen molar-refractivity contribution in [1.82, 2.24) is 10.6 Å². The maximum Gasteiger partial charge on any atom is 0.317 e. The molecular weight excluding hydrogens is 355 g/mol. The first kappa shape index (κ1) is 18.0. The van der Waals surface area contributed by atoms with Crippen LogP contribution in [0.3, 0.4) is 0 Å². The topological polar surface area (TPSA) is 50.4 Å². The molecule has 1 aliphatic heterocycles. The number of hydrogen-bond acceptors (Lipinski definition) is 3. The molecule has 1 saturated heterocycles. The molecule has 124 valence electrons. The SMILES string of the molecule is C=C1NC(=S)N[C@@H](c2cccc(Cl)c2Cl)[C@@H]1C(=O)OC(C)(C)C. The minimum atomic E-state index is -0.683. The van der Waals surface area contributed by atoms with Crippen LogP contribution < -0.4 is 10.6 Å². The fourth-order valence-electron chi connectivity index (χ4n) is 2.35. The standard InChI is InChI=1S/C16H18Cl2N2O2S/c1-8-11(14(21)22-16(2,3)4)13(20-15(23)19-8)9-6-5-7-10(17)12(9)18/h5-7,11,13H,1H2,2-4H3,(H2,19,20,23)/t11-,13+/m1/s1. The van der Waals surface area contributed by atoms with Crippen molar-refractivity contribution < 1.29 is 9.53 Å². The van der Waals surface area contributed by atoms with E-state index in [0.29, 0.717) is 26.4 Å². The summed E-state index contributed by atoms with van der Waals surface area (Å²) in [6.07, 6.45) is 0. The van der Waals surface area contributed by atoms with E-state index in [9.17, 15) is 4.79 Å². The minimum Gasteiger partial charge on any atom is -0.459 e. The van der Waals surface area contributed by atoms with Crippen molar-refractivity contribution in [2.24, 2.45) is 5.92 Å². The Bertz CT molecular complexity index is 671. The molecule has 0 aliphatic carbocycles. The molecule has 1 aromatic carbocycles. The van der Waals surface area contributed by atoms with Crippen LogP contribution in [-0.2, 0) is 9.53 Å². The summed E-state index contributed by atoms with van der Waals surface area (Å²) in [6.45, 7) is 9.34. The van der Waals surface area contributed by atoms with Crippen molar-refractivity contribution in [3.63, 3.8) is 0 Å². The number of ether oxygens (including phenoxy) is 1. The normalized spacial score (nSPS) is 21.4. The fourth-order valence-corrected chi connectivity index (χ4v) is 3.03. The molecular formula is C16H18Cl2N2O2S. The van der Waals surface area contributed by atoms with Gasteiger partial charge in [0.05, 0.1) is 16.1 Å². The first-order valence-corrected chi connectivity index (χ1v) is 8.19. The van der Waals surface area contributed by atoms with Crippen LogP contribution in [0, 0.1) is 5.92 Å². The van der Waals surface area contributed by atoms with Crippen molar-refractivity contribution in [2.75, 3.05) is 0 Å². The highest BCUT2D eigenvalue weighted by Gasteiger charge is 2.40. The Labute approximate surface area is 151 Å². The number of nitrogens with one attached hydrogen (secondary N) is 2. The molecule has 0 bridgehead atoms. The third-order valence-corrected chi connectivity index (χ3v) is 4.30. The van der Waals surface area contributed by atoms with E-state index in [2.05, 4.69) is 17.2 Å². The third kappa shape index (κ3) is 4.16. The Morgan fingerprint density at radius 2 is 2.00 bits per heavy atom. The van der Waals surface area contributed by atoms with Crippen LogP contribution in [0.1, 0.15) is 32.4 Å². The summed E-state index contributed by atoms with van der Waals surface area (Å²) < 4.78 is 5.51. The molecule has 0 radical (unpaired) electrons. The number of carbonyl (C=O) groups excluding carboxylic acids is 1. The van der Waals surface area contributed by atoms with E-state index in [0.717, 1.165) is 0 Å². The van der Waals surface area contributed by atoms with E-state index in [1.165, 1.54) is 0 Å². The highest BCUT2D eigenvalue weighted by atomic mass is 35.5. The van der Waals surface area contributed by atoms with Gasteiger partial charge in [-0.3, -0.25) is 4.79 Å². The van der Waals surface area contributed by atoms with Gasteiger partial charge in [0, 0.05) is 5.70 Å². The van der Waals surface area contributed by atoms with Gasteiger partial charge in [0.15, 0.2) is 5.11 Å². The Kier molecular flexibility index (Phi) is 5.23. The van der Waals surface area contributed by atoms with Gasteiger partial charge in [-0.15, -0.1) is 0 Å². The van der Waals surface area contributed by atoms with E-state index in [4.69, 9.17) is 40.2 Å². The second-order valence-corrected chi connectivity index (χ2v) is 7.45. The van der Waals surface area contributed by atoms with Gasteiger partial charge in [-0.05, 0) is 44.6 Å². The van der Waals surface area contributed by atoms with Crippen LogP contribution in [0.4, 0.5) is 0 Å². The van der Waals surface area contributed by atoms with Crippen LogP contribution in [-0.4, -0.2) is 16.7 Å². The molecule has 23 heavy (non-hydrogen) atoms. The maximum atomic E-state index is 12.6. The van der Waals surface area contributed by atoms with Gasteiger partial charge in [0.2, 0.25) is 0 Å². The molecule has 0 spiro atoms. The largest absolute Gasteiger partial charge is 0.459 e. The molecule has 1 heterocycles. The molecule has 0 amide bonds. The summed E-state index contributed by atoms with van der Waals surface area (Å²) in [5, 5.41) is 7.09. The van der Waals surface area contributed by atoms with Crippen LogP contribution in [0.5, 0.6) is 0 Å². The number of halogens is 2. The first-order valence-electron chi connectivity index (χ1n) is 7.03. The van der Waals surface area contributed by atoms with E-state index in [1.54, 1.807) is 18.2 Å². The zero-order valence-electron chi connectivity index (χ0n) is 13.1. The summed E-state index contributed by atoms with van der Waals surface area (Å²) in [7, 11) is 0. The molecule has 1 aromatic rings. The molecule has 0 aromatic heterocycles. The summed E-state index contributed by atoms with van der Waals surface area (Å²) in [6, 6.07) is 4.75. The fraction of sp³-hybridized carbons (Fsp3) is 0.375. The van der Waals surface area contributed by atoms with Crippen molar-refractivity contribution in [3.05, 3.63) is 46.1 Å². The van der Waals surface area contributed by atoms with Crippen molar-refractivity contribution in [2.45, 2.75) is 32.4 Å². The van der Waals surface area contributed by atoms with Crippen LogP contribution >= 0.6 is 35.4 Å². The Morgan fingerprint density at radius 1 is 1.35 bits per heavy atom. The smallest absolute Gasteiger partial charge is 0.317 e. The Morgan fingerprint density at radius 3 is 2.61 bits per heavy atom. The van der Waals surface area contributed by atoms with Gasteiger partial charge in [-0.25, -0.2) is 0 Å². The van der Waals surface area contributed by atoms with Crippen molar-refractivity contribution >= 4 is 46.5 Å². The van der Waals surface area contributed by atoms with E-state index >= 15 is 0 Å². The highest BCUT2D eigenvalue weighted by molar-refractivity contribution is 7.80. The quantitative estimate of drug-likeness (QED) is 0.607. The van der Waals surface area contributed by atoms with Gasteiger partial charge in [-0.2, -0.15) is 0 Å². The van der Waals surface area contributed by atoms with Gasteiger partial charge in [-0.1, -0.05) is 41.9 Å². The summed E-state index contributed by atoms with van der Waals surface area (Å²) >= 11 is 17.6. The average Bonchev–Trinajstić information content (AvgIpc) is 2.38. The average molecular weight is 373 g/mol. The minimum absolute atomic E-state index is 0.371. The molecule has 2 rings (SSSR count). The zero-order valence-corrected chi connectivity index (χ0v) is 15.4. The monoisotopic (exact) mass is 372 g/mol. The lowest BCUT2D eigenvalue weighted by atomic mass is 9.89. The van der Waals surface area contributed by atoms with Gasteiger partial charge in [0.25, 0.3) is 0 Å². The maximum absolute atomic E-state index is 12.6. The predicted molar refractivity (Wildman–Crippen MR) is 96.5 cm³/mol. The molecule has 1 fully saturated rings. The van der Waals surface area contributed by atoms with Crippen molar-refractivity contribution in [1.29, 1.82) is 0 Å². The van der Waals surface area contributed by atoms with Gasteiger partial charge < -0.3 is 15.4 Å². The molecule has 0 unspecified atom stereocenters. The van der Waals surface area contributed by atoms with Crippen LogP contribution in [0.2, 0.25) is 10.0 Å². The van der Waals surface area contributed by atoms with Gasteiger partial charge >= 0.3 is 5.97 Å². The lowest BCUT2D eigenvalue weighted by Crippen LogP contribution is -2.51. The summed E-state index contributed by atoms with van der Waals surface area (Å²) in [5.41, 5.74) is 0.516. The summed E-state index contributed by atoms with van der Waals surface area (Å²) in [5.74, 6) is -1.09. The van der Waals surface area contributed by atoms with Crippen LogP contribution in [0.25, 0.3) is 0 Å². The number of esters is 1. The zero-order chi connectivity index (χ0) is 17.4. The molecule has 1 aliphatic rings. The van der Waals surface area contributed by atoms with E-state index in [1.807, 2.05) is 20.8 Å². The Hall–Kier alpha value is -1.30. The van der Waals surface area contributed by atoms with E-state index < -0.39 is 23.5 Å². The lowest BCUT2D eigenvalue weighted by Gasteiger charge is -2.36. The number of rotatable bonds is 2. The lowest BCUT2D eigenvalue weighted by molar-refractivity contribution is -0.159. The molecule has 2 N–H and O–H groups in total. The van der Waals surface area contributed by atoms with Crippen LogP contribution in [0.15, 0.2) is 30.5 Å². The number of thiocarbonyl (C=S) groups is 1. The molecule has 4 nitrogen and oxygen atoms in total. The highest BCUT2D eigenvalue weighted by Crippen LogP contribution is 2.37. The predicted octanol–water partition coefficient (Wildman–Crippen LogP) is 3.98. The Balaban J connectivity index is 2.43.